The van der Waals surface area contributed by atoms with Crippen LogP contribution in [0.2, 0.25) is 18.1 Å². The SMILES string of the molecule is CCO[C@@H](C)O[C@H](C#N)C[C@]1(C)C[C@H]2[C@H](O[Si](C)(C)C(C)(C)C)CCC[C@]1(C)C2(C)C. The minimum absolute atomic E-state index is 0.0307. The van der Waals surface area contributed by atoms with Crippen LogP contribution >= 0.6 is 0 Å². The molecular formula is C26H49NO3Si. The smallest absolute Gasteiger partial charge is 0.192 e. The van der Waals surface area contributed by atoms with E-state index in [1.807, 2.05) is 13.8 Å². The molecular weight excluding hydrogens is 402 g/mol. The van der Waals surface area contributed by atoms with Crippen molar-refractivity contribution in [1.82, 2.24) is 0 Å². The molecule has 5 heteroatoms. The maximum atomic E-state index is 9.87. The first-order valence-electron chi connectivity index (χ1n) is 12.4. The highest BCUT2D eigenvalue weighted by Crippen LogP contribution is 2.71. The summed E-state index contributed by atoms with van der Waals surface area (Å²) in [5, 5.41) is 10.1. The Morgan fingerprint density at radius 3 is 2.29 bits per heavy atom. The first kappa shape index (κ1) is 26.8. The summed E-state index contributed by atoms with van der Waals surface area (Å²) in [6.07, 6.45) is 4.90. The normalized spacial score (nSPS) is 35.3. The molecule has 6 atom stereocenters. The molecule has 0 spiro atoms. The van der Waals surface area contributed by atoms with Gasteiger partial charge >= 0.3 is 0 Å². The molecule has 0 N–H and O–H groups in total. The molecule has 0 aromatic heterocycles. The average Bonchev–Trinajstić information content (AvgIpc) is 2.70. The summed E-state index contributed by atoms with van der Waals surface area (Å²) < 4.78 is 18.6. The van der Waals surface area contributed by atoms with Gasteiger partial charge in [-0.25, -0.2) is 0 Å². The largest absolute Gasteiger partial charge is 0.414 e. The van der Waals surface area contributed by atoms with E-state index >= 15 is 0 Å². The number of rotatable bonds is 8. The predicted molar refractivity (Wildman–Crippen MR) is 130 cm³/mol. The second-order valence-corrected chi connectivity index (χ2v) is 17.5. The summed E-state index contributed by atoms with van der Waals surface area (Å²) in [6, 6.07) is 2.43. The van der Waals surface area contributed by atoms with Crippen LogP contribution in [-0.4, -0.2) is 33.4 Å². The zero-order chi connectivity index (χ0) is 23.9. The van der Waals surface area contributed by atoms with Crippen molar-refractivity contribution in [3.63, 3.8) is 0 Å². The number of fused-ring (bicyclic) bond motifs is 2. The van der Waals surface area contributed by atoms with Crippen molar-refractivity contribution in [2.24, 2.45) is 22.2 Å². The van der Waals surface area contributed by atoms with Crippen LogP contribution in [0.4, 0.5) is 0 Å². The number of nitrogens with zero attached hydrogens (tertiary/aromatic N) is 1. The monoisotopic (exact) mass is 451 g/mol. The average molecular weight is 452 g/mol. The van der Waals surface area contributed by atoms with Gasteiger partial charge in [-0.05, 0) is 79.8 Å². The first-order chi connectivity index (χ1) is 14.0. The lowest BCUT2D eigenvalue weighted by Gasteiger charge is -2.50. The Labute approximate surface area is 193 Å². The fourth-order valence-corrected chi connectivity index (χ4v) is 7.67. The van der Waals surface area contributed by atoms with Crippen LogP contribution in [0.5, 0.6) is 0 Å². The van der Waals surface area contributed by atoms with Gasteiger partial charge in [-0.1, -0.05) is 54.9 Å². The lowest BCUT2D eigenvalue weighted by molar-refractivity contribution is -0.156. The summed E-state index contributed by atoms with van der Waals surface area (Å²) in [4.78, 5) is 0. The van der Waals surface area contributed by atoms with Crippen LogP contribution in [0, 0.1) is 33.5 Å². The Hall–Kier alpha value is -0.413. The van der Waals surface area contributed by atoms with Crippen molar-refractivity contribution < 1.29 is 13.9 Å². The Balaban J connectivity index is 2.33. The molecule has 2 saturated carbocycles. The second-order valence-electron chi connectivity index (χ2n) is 12.7. The van der Waals surface area contributed by atoms with Crippen molar-refractivity contribution in [2.45, 2.75) is 131 Å². The van der Waals surface area contributed by atoms with E-state index in [-0.39, 0.29) is 27.6 Å². The van der Waals surface area contributed by atoms with Crippen molar-refractivity contribution in [3.8, 4) is 6.07 Å². The molecule has 180 valence electrons. The zero-order valence-electron chi connectivity index (χ0n) is 22.2. The Morgan fingerprint density at radius 2 is 1.77 bits per heavy atom. The fourth-order valence-electron chi connectivity index (χ4n) is 6.27. The Kier molecular flexibility index (Phi) is 7.87. The number of hydrogen-bond donors (Lipinski definition) is 0. The van der Waals surface area contributed by atoms with Gasteiger partial charge in [0.25, 0.3) is 0 Å². The topological polar surface area (TPSA) is 51.5 Å². The van der Waals surface area contributed by atoms with E-state index in [4.69, 9.17) is 13.9 Å². The molecule has 0 aromatic carbocycles. The molecule has 2 bridgehead atoms. The van der Waals surface area contributed by atoms with E-state index < -0.39 is 14.4 Å². The van der Waals surface area contributed by atoms with Crippen LogP contribution in [0.15, 0.2) is 0 Å². The third kappa shape index (κ3) is 4.93. The van der Waals surface area contributed by atoms with Crippen LogP contribution in [0.1, 0.15) is 94.4 Å². The highest BCUT2D eigenvalue weighted by atomic mass is 28.4. The van der Waals surface area contributed by atoms with Crippen molar-refractivity contribution in [1.29, 1.82) is 5.26 Å². The number of nitriles is 1. The molecule has 0 radical (unpaired) electrons. The van der Waals surface area contributed by atoms with Gasteiger partial charge in [0.15, 0.2) is 14.6 Å². The van der Waals surface area contributed by atoms with E-state index in [1.54, 1.807) is 0 Å². The van der Waals surface area contributed by atoms with Gasteiger partial charge in [0.05, 0.1) is 6.07 Å². The van der Waals surface area contributed by atoms with Gasteiger partial charge in [0.1, 0.15) is 6.10 Å². The third-order valence-electron chi connectivity index (χ3n) is 9.76. The minimum atomic E-state index is -1.85. The molecule has 2 aliphatic rings. The van der Waals surface area contributed by atoms with Crippen molar-refractivity contribution in [2.75, 3.05) is 6.61 Å². The van der Waals surface area contributed by atoms with Crippen LogP contribution < -0.4 is 0 Å². The maximum absolute atomic E-state index is 9.87. The molecule has 0 aliphatic heterocycles. The van der Waals surface area contributed by atoms with Gasteiger partial charge in [-0.2, -0.15) is 5.26 Å². The first-order valence-corrected chi connectivity index (χ1v) is 15.3. The highest BCUT2D eigenvalue weighted by molar-refractivity contribution is 6.74. The molecule has 2 fully saturated rings. The molecule has 0 amide bonds. The second kappa shape index (κ2) is 9.09. The molecule has 4 nitrogen and oxygen atoms in total. The molecule has 0 unspecified atom stereocenters. The van der Waals surface area contributed by atoms with Gasteiger partial charge in [-0.15, -0.1) is 0 Å². The fraction of sp³-hybridized carbons (Fsp3) is 0.962. The lowest BCUT2D eigenvalue weighted by Crippen LogP contribution is -2.47. The summed E-state index contributed by atoms with van der Waals surface area (Å²) in [5.74, 6) is 0.503. The van der Waals surface area contributed by atoms with Gasteiger partial charge in [0, 0.05) is 12.7 Å². The number of hydrogen-bond acceptors (Lipinski definition) is 4. The minimum Gasteiger partial charge on any atom is -0.414 e. The van der Waals surface area contributed by atoms with E-state index in [0.717, 1.165) is 19.3 Å². The quantitative estimate of drug-likeness (QED) is 0.287. The van der Waals surface area contributed by atoms with E-state index in [9.17, 15) is 5.26 Å². The standard InChI is InChI=1S/C26H49NO3Si/c1-12-28-19(2)29-20(18-27)16-25(8)17-21-22(30-31(10,11)23(3,4)5)14-13-15-26(25,9)24(21,6)7/h19-22H,12-17H2,1-11H3/t19-,20+,21+,22-,25-,26-/m1/s1. The summed E-state index contributed by atoms with van der Waals surface area (Å²) in [5.41, 5.74) is 0.323. The van der Waals surface area contributed by atoms with Gasteiger partial charge in [0.2, 0.25) is 0 Å². The molecule has 31 heavy (non-hydrogen) atoms. The lowest BCUT2D eigenvalue weighted by atomic mass is 9.55. The van der Waals surface area contributed by atoms with Crippen LogP contribution in [-0.2, 0) is 13.9 Å². The molecule has 0 aromatic rings. The van der Waals surface area contributed by atoms with Crippen molar-refractivity contribution >= 4 is 8.32 Å². The van der Waals surface area contributed by atoms with Crippen molar-refractivity contribution in [3.05, 3.63) is 0 Å². The Bertz CT molecular complexity index is 665. The van der Waals surface area contributed by atoms with E-state index in [2.05, 4.69) is 67.6 Å². The maximum Gasteiger partial charge on any atom is 0.192 e. The predicted octanol–water partition coefficient (Wildman–Crippen LogP) is 7.30. The van der Waals surface area contributed by atoms with Crippen LogP contribution in [0.25, 0.3) is 0 Å². The third-order valence-corrected chi connectivity index (χ3v) is 14.3. The van der Waals surface area contributed by atoms with Gasteiger partial charge < -0.3 is 13.9 Å². The van der Waals surface area contributed by atoms with E-state index in [1.165, 1.54) is 12.8 Å². The molecule has 0 saturated heterocycles. The number of ether oxygens (including phenoxy) is 2. The zero-order valence-corrected chi connectivity index (χ0v) is 23.2. The molecule has 2 rings (SSSR count). The Morgan fingerprint density at radius 1 is 1.16 bits per heavy atom. The molecule has 2 aliphatic carbocycles. The summed E-state index contributed by atoms with van der Waals surface area (Å²) in [6.45, 7) is 26.0. The summed E-state index contributed by atoms with van der Waals surface area (Å²) in [7, 11) is -1.85. The molecule has 0 heterocycles. The van der Waals surface area contributed by atoms with E-state index in [0.29, 0.717) is 18.6 Å². The highest BCUT2D eigenvalue weighted by Gasteiger charge is 2.66. The summed E-state index contributed by atoms with van der Waals surface area (Å²) >= 11 is 0. The van der Waals surface area contributed by atoms with Gasteiger partial charge in [-0.3, -0.25) is 0 Å². The van der Waals surface area contributed by atoms with Crippen LogP contribution in [0.3, 0.4) is 0 Å².